The predicted octanol–water partition coefficient (Wildman–Crippen LogP) is 2.62. The van der Waals surface area contributed by atoms with Crippen LogP contribution in [0.2, 0.25) is 0 Å². The van der Waals surface area contributed by atoms with Gasteiger partial charge in [0, 0.05) is 25.0 Å². The van der Waals surface area contributed by atoms with Crippen molar-refractivity contribution in [2.24, 2.45) is 0 Å². The van der Waals surface area contributed by atoms with E-state index in [0.29, 0.717) is 48.9 Å². The summed E-state index contributed by atoms with van der Waals surface area (Å²) in [7, 11) is 0. The minimum absolute atomic E-state index is 0.303. The minimum atomic E-state index is -0.345. The van der Waals surface area contributed by atoms with Crippen LogP contribution in [0.15, 0.2) is 36.5 Å². The maximum Gasteiger partial charge on any atom is 0.259 e. The number of hydrogen-bond donors (Lipinski definition) is 1. The second-order valence-electron chi connectivity index (χ2n) is 5.39. The fraction of sp³-hybridized carbons (Fsp3) is 0.294. The Bertz CT molecular complexity index is 715. The topological polar surface area (TPSA) is 54.5 Å². The van der Waals surface area contributed by atoms with Crippen molar-refractivity contribution < 1.29 is 13.9 Å². The smallest absolute Gasteiger partial charge is 0.259 e. The molecule has 0 unspecified atom stereocenters. The van der Waals surface area contributed by atoms with Gasteiger partial charge in [-0.3, -0.25) is 4.79 Å². The van der Waals surface area contributed by atoms with Crippen LogP contribution in [0.4, 0.5) is 15.9 Å². The van der Waals surface area contributed by atoms with Gasteiger partial charge in [-0.15, -0.1) is 0 Å². The van der Waals surface area contributed by atoms with Crippen LogP contribution in [-0.4, -0.2) is 37.2 Å². The Balaban J connectivity index is 1.83. The van der Waals surface area contributed by atoms with Gasteiger partial charge in [0.2, 0.25) is 0 Å². The molecule has 5 nitrogen and oxygen atoms in total. The van der Waals surface area contributed by atoms with E-state index < -0.39 is 0 Å². The first-order chi connectivity index (χ1) is 11.1. The lowest BCUT2D eigenvalue weighted by Crippen LogP contribution is -2.38. The number of pyridine rings is 1. The molecule has 3 rings (SSSR count). The fourth-order valence-corrected chi connectivity index (χ4v) is 2.47. The van der Waals surface area contributed by atoms with Crippen LogP contribution in [0.5, 0.6) is 0 Å². The van der Waals surface area contributed by atoms with E-state index in [9.17, 15) is 9.18 Å². The summed E-state index contributed by atoms with van der Waals surface area (Å²) in [4.78, 5) is 18.9. The Hall–Kier alpha value is -2.47. The lowest BCUT2D eigenvalue weighted by molar-refractivity contribution is 0.102. The Kier molecular flexibility index (Phi) is 4.52. The maximum atomic E-state index is 13.6. The molecule has 1 N–H and O–H groups in total. The molecule has 2 aromatic rings. The second kappa shape index (κ2) is 6.75. The van der Waals surface area contributed by atoms with E-state index in [4.69, 9.17) is 4.74 Å². The van der Waals surface area contributed by atoms with Crippen molar-refractivity contribution in [1.29, 1.82) is 0 Å². The van der Waals surface area contributed by atoms with E-state index in [2.05, 4.69) is 10.3 Å². The number of hydrogen-bond acceptors (Lipinski definition) is 4. The third-order valence-corrected chi connectivity index (χ3v) is 3.77. The average molecular weight is 315 g/mol. The summed E-state index contributed by atoms with van der Waals surface area (Å²) in [6, 6.07) is 8.07. The number of rotatable bonds is 3. The number of carbonyl (C=O) groups is 1. The molecule has 0 aliphatic carbocycles. The molecule has 1 fully saturated rings. The van der Waals surface area contributed by atoms with Crippen LogP contribution in [0.3, 0.4) is 0 Å². The molecule has 6 heteroatoms. The second-order valence-corrected chi connectivity index (χ2v) is 5.39. The van der Waals surface area contributed by atoms with Gasteiger partial charge in [0.1, 0.15) is 11.6 Å². The molecule has 0 spiro atoms. The highest BCUT2D eigenvalue weighted by Crippen LogP contribution is 2.21. The highest BCUT2D eigenvalue weighted by Gasteiger charge is 2.20. The first-order valence-corrected chi connectivity index (χ1v) is 7.50. The molecule has 120 valence electrons. The van der Waals surface area contributed by atoms with E-state index in [-0.39, 0.29) is 11.7 Å². The molecule has 23 heavy (non-hydrogen) atoms. The van der Waals surface area contributed by atoms with Gasteiger partial charge in [0.05, 0.1) is 18.8 Å². The maximum absolute atomic E-state index is 13.6. The number of carbonyl (C=O) groups excluding carboxylic acids is 1. The van der Waals surface area contributed by atoms with E-state index in [0.717, 1.165) is 0 Å². The molecule has 1 aromatic carbocycles. The summed E-state index contributed by atoms with van der Waals surface area (Å²) in [5, 5.41) is 2.73. The van der Waals surface area contributed by atoms with Crippen LogP contribution in [0.1, 0.15) is 15.9 Å². The summed E-state index contributed by atoms with van der Waals surface area (Å²) in [5.74, 6) is -0.0221. The van der Waals surface area contributed by atoms with Crippen molar-refractivity contribution in [2.45, 2.75) is 6.92 Å². The number of nitrogens with zero attached hydrogens (tertiary/aromatic N) is 2. The minimum Gasteiger partial charge on any atom is -0.378 e. The molecule has 0 atom stereocenters. The predicted molar refractivity (Wildman–Crippen MR) is 86.4 cm³/mol. The quantitative estimate of drug-likeness (QED) is 0.946. The highest BCUT2D eigenvalue weighted by molar-refractivity contribution is 6.07. The molecule has 0 bridgehead atoms. The molecule has 2 heterocycles. The van der Waals surface area contributed by atoms with Crippen LogP contribution in [-0.2, 0) is 4.74 Å². The van der Waals surface area contributed by atoms with Gasteiger partial charge in [-0.05, 0) is 36.8 Å². The molecule has 1 aliphatic heterocycles. The third kappa shape index (κ3) is 3.48. The van der Waals surface area contributed by atoms with Crippen molar-refractivity contribution in [1.82, 2.24) is 4.98 Å². The van der Waals surface area contributed by atoms with Crippen molar-refractivity contribution in [3.63, 3.8) is 0 Å². The van der Waals surface area contributed by atoms with Gasteiger partial charge in [0.15, 0.2) is 0 Å². The van der Waals surface area contributed by atoms with Gasteiger partial charge in [-0.1, -0.05) is 6.07 Å². The van der Waals surface area contributed by atoms with E-state index in [1.54, 1.807) is 37.4 Å². The number of aromatic nitrogens is 1. The number of benzene rings is 1. The number of ether oxygens (including phenoxy) is 1. The van der Waals surface area contributed by atoms with Crippen molar-refractivity contribution >= 4 is 17.4 Å². The summed E-state index contributed by atoms with van der Waals surface area (Å²) in [6.45, 7) is 4.28. The van der Waals surface area contributed by atoms with Crippen LogP contribution in [0.25, 0.3) is 0 Å². The zero-order chi connectivity index (χ0) is 16.2. The van der Waals surface area contributed by atoms with Gasteiger partial charge in [0.25, 0.3) is 5.91 Å². The first kappa shape index (κ1) is 15.4. The van der Waals surface area contributed by atoms with Crippen LogP contribution < -0.4 is 10.2 Å². The first-order valence-electron chi connectivity index (χ1n) is 7.50. The van der Waals surface area contributed by atoms with Gasteiger partial charge in [-0.25, -0.2) is 9.37 Å². The zero-order valence-corrected chi connectivity index (χ0v) is 12.9. The Morgan fingerprint density at radius 2 is 2.09 bits per heavy atom. The Morgan fingerprint density at radius 3 is 2.83 bits per heavy atom. The van der Waals surface area contributed by atoms with E-state index >= 15 is 0 Å². The normalized spacial score (nSPS) is 14.6. The number of aryl methyl sites for hydroxylation is 1. The molecule has 0 radical (unpaired) electrons. The molecular formula is C17H18FN3O2. The van der Waals surface area contributed by atoms with Gasteiger partial charge in [-0.2, -0.15) is 0 Å². The molecule has 1 saturated heterocycles. The number of halogens is 1. The molecule has 1 aliphatic rings. The number of anilines is 2. The van der Waals surface area contributed by atoms with Crippen LogP contribution >= 0.6 is 0 Å². The van der Waals surface area contributed by atoms with Crippen molar-refractivity contribution in [3.8, 4) is 0 Å². The van der Waals surface area contributed by atoms with Crippen LogP contribution in [0, 0.1) is 12.7 Å². The lowest BCUT2D eigenvalue weighted by atomic mass is 10.2. The van der Waals surface area contributed by atoms with E-state index in [1.165, 1.54) is 6.07 Å². The molecule has 1 aromatic heterocycles. The largest absolute Gasteiger partial charge is 0.378 e. The summed E-state index contributed by atoms with van der Waals surface area (Å²) in [5.41, 5.74) is 1.43. The van der Waals surface area contributed by atoms with E-state index in [1.807, 2.05) is 4.90 Å². The Morgan fingerprint density at radius 1 is 1.30 bits per heavy atom. The fourth-order valence-electron chi connectivity index (χ4n) is 2.47. The number of nitrogens with one attached hydrogen (secondary N) is 1. The summed E-state index contributed by atoms with van der Waals surface area (Å²) < 4.78 is 18.9. The molecule has 0 saturated carbocycles. The highest BCUT2D eigenvalue weighted by atomic mass is 19.1. The number of morpholine rings is 1. The standard InChI is InChI=1S/C17H18FN3O2/c1-12-4-5-13(11-15(12)18)20-17(22)14-3-2-6-19-16(14)21-7-9-23-10-8-21/h2-6,11H,7-10H2,1H3,(H,20,22). The SMILES string of the molecule is Cc1ccc(NC(=O)c2cccnc2N2CCOCC2)cc1F. The summed E-state index contributed by atoms with van der Waals surface area (Å²) >= 11 is 0. The van der Waals surface area contributed by atoms with Crippen molar-refractivity contribution in [3.05, 3.63) is 53.5 Å². The summed E-state index contributed by atoms with van der Waals surface area (Å²) in [6.07, 6.45) is 1.66. The van der Waals surface area contributed by atoms with Gasteiger partial charge < -0.3 is 15.0 Å². The monoisotopic (exact) mass is 315 g/mol. The average Bonchev–Trinajstić information content (AvgIpc) is 2.59. The molecule has 1 amide bonds. The van der Waals surface area contributed by atoms with Crippen molar-refractivity contribution in [2.75, 3.05) is 36.5 Å². The third-order valence-electron chi connectivity index (χ3n) is 3.77. The zero-order valence-electron chi connectivity index (χ0n) is 12.9. The van der Waals surface area contributed by atoms with Gasteiger partial charge >= 0.3 is 0 Å². The Labute approximate surface area is 134 Å². The molecular weight excluding hydrogens is 297 g/mol. The number of amides is 1. The lowest BCUT2D eigenvalue weighted by Gasteiger charge is -2.29.